The lowest BCUT2D eigenvalue weighted by atomic mass is 9.89. The van der Waals surface area contributed by atoms with Gasteiger partial charge in [0.1, 0.15) is 4.21 Å². The lowest BCUT2D eigenvalue weighted by Gasteiger charge is -2.24. The predicted molar refractivity (Wildman–Crippen MR) is 83.5 cm³/mol. The minimum Gasteiger partial charge on any atom is -0.210 e. The molecule has 1 saturated carbocycles. The molecule has 7 heteroatoms. The molecule has 0 amide bonds. The monoisotopic (exact) mass is 385 g/mol. The number of aryl methyl sites for hydroxylation is 1. The fraction of sp³-hybridized carbons (Fsp3) is 0.667. The number of alkyl halides is 1. The van der Waals surface area contributed by atoms with Gasteiger partial charge in [0.15, 0.2) is 0 Å². The Hall–Kier alpha value is 0.380. The smallest absolute Gasteiger partial charge is 0.210 e. The quantitative estimate of drug-likeness (QED) is 0.798. The summed E-state index contributed by atoms with van der Waals surface area (Å²) in [5.74, 6) is 0.411. The van der Waals surface area contributed by atoms with E-state index in [4.69, 9.17) is 11.6 Å². The Balaban J connectivity index is 1.94. The van der Waals surface area contributed by atoms with Gasteiger partial charge in [-0.05, 0) is 66.1 Å². The van der Waals surface area contributed by atoms with Gasteiger partial charge in [-0.3, -0.25) is 0 Å². The van der Waals surface area contributed by atoms with Gasteiger partial charge in [0, 0.05) is 11.9 Å². The van der Waals surface area contributed by atoms with Crippen molar-refractivity contribution in [1.82, 2.24) is 4.72 Å². The van der Waals surface area contributed by atoms with Crippen LogP contribution in [0.15, 0.2) is 14.1 Å². The summed E-state index contributed by atoms with van der Waals surface area (Å²) >= 11 is 10.7. The summed E-state index contributed by atoms with van der Waals surface area (Å²) in [4.78, 5) is 0. The highest BCUT2D eigenvalue weighted by Crippen LogP contribution is 2.31. The van der Waals surface area contributed by atoms with Crippen molar-refractivity contribution < 1.29 is 8.42 Å². The fourth-order valence-electron chi connectivity index (χ4n) is 2.19. The van der Waals surface area contributed by atoms with Crippen molar-refractivity contribution in [3.05, 3.63) is 15.4 Å². The number of rotatable bonds is 4. The summed E-state index contributed by atoms with van der Waals surface area (Å²) in [5, 5.41) is 0.267. The van der Waals surface area contributed by atoms with Crippen molar-refractivity contribution in [1.29, 1.82) is 0 Å². The molecule has 0 atom stereocenters. The number of sulfonamides is 1. The van der Waals surface area contributed by atoms with Crippen LogP contribution in [0.5, 0.6) is 0 Å². The molecular weight excluding hydrogens is 370 g/mol. The van der Waals surface area contributed by atoms with Crippen molar-refractivity contribution in [2.45, 2.75) is 42.2 Å². The van der Waals surface area contributed by atoms with Crippen molar-refractivity contribution in [3.8, 4) is 0 Å². The van der Waals surface area contributed by atoms with E-state index in [1.165, 1.54) is 11.3 Å². The second-order valence-electron chi connectivity index (χ2n) is 4.99. The molecule has 1 aromatic heterocycles. The van der Waals surface area contributed by atoms with Crippen LogP contribution in [0, 0.1) is 12.8 Å². The molecule has 0 unspecified atom stereocenters. The van der Waals surface area contributed by atoms with Crippen LogP contribution in [-0.2, 0) is 10.0 Å². The maximum absolute atomic E-state index is 12.2. The summed E-state index contributed by atoms with van der Waals surface area (Å²) in [5.41, 5.74) is 0.952. The van der Waals surface area contributed by atoms with Crippen molar-refractivity contribution >= 4 is 48.9 Å². The Morgan fingerprint density at radius 3 is 2.58 bits per heavy atom. The minimum atomic E-state index is -3.37. The molecule has 19 heavy (non-hydrogen) atoms. The average Bonchev–Trinajstić information content (AvgIpc) is 2.70. The molecule has 0 aliphatic heterocycles. The van der Waals surface area contributed by atoms with Crippen molar-refractivity contribution in [2.75, 3.05) is 6.54 Å². The zero-order valence-corrected chi connectivity index (χ0v) is 14.6. The molecule has 108 valence electrons. The molecule has 0 aromatic carbocycles. The van der Waals surface area contributed by atoms with Gasteiger partial charge in [-0.15, -0.1) is 22.9 Å². The topological polar surface area (TPSA) is 46.2 Å². The normalized spacial score (nSPS) is 24.6. The third kappa shape index (κ3) is 4.17. The maximum Gasteiger partial charge on any atom is 0.250 e. The average molecular weight is 387 g/mol. The Bertz CT molecular complexity index is 516. The highest BCUT2D eigenvalue weighted by molar-refractivity contribution is 9.11. The molecule has 3 nitrogen and oxygen atoms in total. The van der Waals surface area contributed by atoms with Crippen LogP contribution < -0.4 is 4.72 Å². The van der Waals surface area contributed by atoms with Crippen LogP contribution in [0.1, 0.15) is 31.2 Å². The summed E-state index contributed by atoms with van der Waals surface area (Å²) in [6, 6.07) is 1.70. The van der Waals surface area contributed by atoms with Crippen LogP contribution in [-0.4, -0.2) is 20.3 Å². The first-order valence-electron chi connectivity index (χ1n) is 6.28. The third-order valence-corrected chi connectivity index (χ3v) is 7.91. The van der Waals surface area contributed by atoms with Gasteiger partial charge in [-0.25, -0.2) is 13.1 Å². The molecule has 2 rings (SSSR count). The van der Waals surface area contributed by atoms with Crippen LogP contribution in [0.25, 0.3) is 0 Å². The van der Waals surface area contributed by atoms with E-state index in [1.807, 2.05) is 6.92 Å². The second-order valence-corrected chi connectivity index (χ2v) is 9.97. The summed E-state index contributed by atoms with van der Waals surface area (Å²) in [6.07, 6.45) is 3.98. The lowest BCUT2D eigenvalue weighted by molar-refractivity contribution is 0.361. The number of halogens is 2. The van der Waals surface area contributed by atoms with Gasteiger partial charge in [0.05, 0.1) is 3.79 Å². The molecule has 1 N–H and O–H groups in total. The van der Waals surface area contributed by atoms with Crippen LogP contribution in [0.3, 0.4) is 0 Å². The van der Waals surface area contributed by atoms with Crippen molar-refractivity contribution in [2.24, 2.45) is 5.92 Å². The maximum atomic E-state index is 12.2. The fourth-order valence-corrected chi connectivity index (χ4v) is 5.83. The van der Waals surface area contributed by atoms with E-state index in [-0.39, 0.29) is 5.38 Å². The van der Waals surface area contributed by atoms with Gasteiger partial charge in [0.2, 0.25) is 10.0 Å². The van der Waals surface area contributed by atoms with E-state index in [0.29, 0.717) is 16.7 Å². The van der Waals surface area contributed by atoms with Gasteiger partial charge < -0.3 is 0 Å². The SMILES string of the molecule is Cc1cc(S(=O)(=O)NCC2CCC(Cl)CC2)sc1Br. The molecular formula is C12H17BrClNO2S2. The molecule has 0 radical (unpaired) electrons. The summed E-state index contributed by atoms with van der Waals surface area (Å²) in [7, 11) is -3.37. The van der Waals surface area contributed by atoms with E-state index in [2.05, 4.69) is 20.7 Å². The molecule has 1 aliphatic rings. The Kier molecular flexibility index (Phi) is 5.34. The molecule has 1 fully saturated rings. The van der Waals surface area contributed by atoms with Crippen LogP contribution in [0.2, 0.25) is 0 Å². The molecule has 0 spiro atoms. The molecule has 0 bridgehead atoms. The number of nitrogens with one attached hydrogen (secondary N) is 1. The summed E-state index contributed by atoms with van der Waals surface area (Å²) in [6.45, 7) is 2.40. The van der Waals surface area contributed by atoms with Crippen LogP contribution >= 0.6 is 38.9 Å². The Morgan fingerprint density at radius 1 is 1.42 bits per heavy atom. The van der Waals surface area contributed by atoms with Gasteiger partial charge in [0.25, 0.3) is 0 Å². The zero-order valence-electron chi connectivity index (χ0n) is 10.7. The van der Waals surface area contributed by atoms with Gasteiger partial charge in [-0.2, -0.15) is 0 Å². The second kappa shape index (κ2) is 6.43. The highest BCUT2D eigenvalue weighted by Gasteiger charge is 2.23. The third-order valence-electron chi connectivity index (χ3n) is 3.44. The van der Waals surface area contributed by atoms with Crippen molar-refractivity contribution in [3.63, 3.8) is 0 Å². The molecule has 1 aromatic rings. The first-order chi connectivity index (χ1) is 8.88. The van der Waals surface area contributed by atoms with E-state index >= 15 is 0 Å². The molecule has 0 saturated heterocycles. The largest absolute Gasteiger partial charge is 0.250 e. The van der Waals surface area contributed by atoms with E-state index in [0.717, 1.165) is 35.0 Å². The highest BCUT2D eigenvalue weighted by atomic mass is 79.9. The minimum absolute atomic E-state index is 0.267. The lowest BCUT2D eigenvalue weighted by Crippen LogP contribution is -2.31. The first-order valence-corrected chi connectivity index (χ1v) is 9.81. The van der Waals surface area contributed by atoms with E-state index in [9.17, 15) is 8.42 Å². The Morgan fingerprint density at radius 2 is 2.05 bits per heavy atom. The standard InChI is InChI=1S/C12H17BrClNO2S2/c1-8-6-11(18-12(8)13)19(16,17)15-7-9-2-4-10(14)5-3-9/h6,9-10,15H,2-5,7H2,1H3. The Labute approximate surface area is 131 Å². The number of hydrogen-bond acceptors (Lipinski definition) is 3. The summed E-state index contributed by atoms with van der Waals surface area (Å²) < 4.78 is 28.3. The van der Waals surface area contributed by atoms with Gasteiger partial charge >= 0.3 is 0 Å². The number of hydrogen-bond donors (Lipinski definition) is 1. The predicted octanol–water partition coefficient (Wildman–Crippen LogP) is 3.89. The van der Waals surface area contributed by atoms with Crippen LogP contribution in [0.4, 0.5) is 0 Å². The van der Waals surface area contributed by atoms with Gasteiger partial charge in [-0.1, -0.05) is 0 Å². The number of thiophene rings is 1. The van der Waals surface area contributed by atoms with E-state index in [1.54, 1.807) is 6.07 Å². The first kappa shape index (κ1) is 15.8. The zero-order chi connectivity index (χ0) is 14.0. The van der Waals surface area contributed by atoms with E-state index < -0.39 is 10.0 Å². The molecule has 1 aliphatic carbocycles. The molecule has 1 heterocycles.